The van der Waals surface area contributed by atoms with E-state index in [-0.39, 0.29) is 0 Å². The van der Waals surface area contributed by atoms with Crippen LogP contribution in [0.25, 0.3) is 0 Å². The highest BCUT2D eigenvalue weighted by Crippen LogP contribution is 2.16. The van der Waals surface area contributed by atoms with Gasteiger partial charge in [-0.3, -0.25) is 4.68 Å². The molecule has 0 spiro atoms. The number of nitrogens with zero attached hydrogens (tertiary/aromatic N) is 3. The van der Waals surface area contributed by atoms with Gasteiger partial charge in [-0.2, -0.15) is 10.2 Å². The Morgan fingerprint density at radius 2 is 2.25 bits per heavy atom. The summed E-state index contributed by atoms with van der Waals surface area (Å²) in [6, 6.07) is 2.49. The Kier molecular flexibility index (Phi) is 5.18. The molecule has 5 nitrogen and oxygen atoms in total. The van der Waals surface area contributed by atoms with Crippen molar-refractivity contribution in [3.05, 3.63) is 18.0 Å². The highest BCUT2D eigenvalue weighted by Gasteiger charge is 2.08. The molecule has 1 aromatic heterocycles. The minimum absolute atomic E-state index is 0.386. The van der Waals surface area contributed by atoms with E-state index < -0.39 is 0 Å². The van der Waals surface area contributed by atoms with Gasteiger partial charge >= 0.3 is 0 Å². The summed E-state index contributed by atoms with van der Waals surface area (Å²) in [7, 11) is 0. The molecular weight excluding hydrogens is 222 g/mol. The van der Waals surface area contributed by atoms with Crippen molar-refractivity contribution < 1.29 is 0 Å². The second kappa shape index (κ2) is 6.42. The number of hydrazone groups is 1. The van der Waals surface area contributed by atoms with Gasteiger partial charge in [0.25, 0.3) is 0 Å². The second-order valence-electron chi connectivity index (χ2n) is 3.51. The Balaban J connectivity index is 2.57. The Labute approximate surface area is 100 Å². The fourth-order valence-electron chi connectivity index (χ4n) is 1.51. The zero-order valence-corrected chi connectivity index (χ0v) is 10.6. The maximum Gasteiger partial charge on any atom is 0.177 e. The lowest BCUT2D eigenvalue weighted by molar-refractivity contribution is 0.426. The van der Waals surface area contributed by atoms with E-state index in [1.807, 2.05) is 16.9 Å². The van der Waals surface area contributed by atoms with Crippen molar-refractivity contribution in [1.82, 2.24) is 9.78 Å². The first-order valence-corrected chi connectivity index (χ1v) is 6.40. The Hall–Kier alpha value is -1.17. The van der Waals surface area contributed by atoms with Crippen LogP contribution in [-0.2, 0) is 5.75 Å². The topological polar surface area (TPSA) is 82.2 Å². The third-order valence-corrected chi connectivity index (χ3v) is 3.32. The summed E-state index contributed by atoms with van der Waals surface area (Å²) in [5, 5.41) is 8.29. The normalized spacial score (nSPS) is 12.3. The minimum atomic E-state index is 0.386. The number of amidine groups is 1. The van der Waals surface area contributed by atoms with Crippen molar-refractivity contribution in [2.45, 2.75) is 38.5 Å². The maximum atomic E-state index is 5.49. The van der Waals surface area contributed by atoms with Gasteiger partial charge in [0.1, 0.15) is 0 Å². The van der Waals surface area contributed by atoms with Crippen LogP contribution in [0.15, 0.2) is 17.4 Å². The van der Waals surface area contributed by atoms with Crippen molar-refractivity contribution in [2.24, 2.45) is 16.7 Å². The van der Waals surface area contributed by atoms with Gasteiger partial charge in [-0.15, -0.1) is 0 Å². The first-order valence-electron chi connectivity index (χ1n) is 5.41. The van der Waals surface area contributed by atoms with Gasteiger partial charge in [0.05, 0.1) is 11.7 Å². The van der Waals surface area contributed by atoms with Crippen molar-refractivity contribution in [2.75, 3.05) is 0 Å². The SMILES string of the molecule is CCC(CC)n1ccc(CSC(N)=NN)n1. The highest BCUT2D eigenvalue weighted by molar-refractivity contribution is 8.13. The summed E-state index contributed by atoms with van der Waals surface area (Å²) in [4.78, 5) is 0. The number of rotatable bonds is 5. The van der Waals surface area contributed by atoms with Crippen LogP contribution in [0.3, 0.4) is 0 Å². The molecule has 0 atom stereocenters. The molecule has 1 rings (SSSR count). The first kappa shape index (κ1) is 12.9. The van der Waals surface area contributed by atoms with Crippen LogP contribution in [0.4, 0.5) is 0 Å². The largest absolute Gasteiger partial charge is 0.377 e. The lowest BCUT2D eigenvalue weighted by atomic mass is 10.2. The average Bonchev–Trinajstić information content (AvgIpc) is 2.76. The van der Waals surface area contributed by atoms with Gasteiger partial charge in [-0.05, 0) is 18.9 Å². The van der Waals surface area contributed by atoms with E-state index in [9.17, 15) is 0 Å². The summed E-state index contributed by atoms with van der Waals surface area (Å²) in [6.07, 6.45) is 4.21. The van der Waals surface area contributed by atoms with Gasteiger partial charge < -0.3 is 11.6 Å². The van der Waals surface area contributed by atoms with E-state index in [2.05, 4.69) is 24.0 Å². The molecule has 16 heavy (non-hydrogen) atoms. The fourth-order valence-corrected chi connectivity index (χ4v) is 2.03. The molecule has 1 heterocycles. The monoisotopic (exact) mass is 241 g/mol. The van der Waals surface area contributed by atoms with Crippen LogP contribution in [0, 0.1) is 0 Å². The number of aromatic nitrogens is 2. The van der Waals surface area contributed by atoms with Crippen LogP contribution in [0.2, 0.25) is 0 Å². The second-order valence-corrected chi connectivity index (χ2v) is 4.51. The molecular formula is C10H19N5S. The summed E-state index contributed by atoms with van der Waals surface area (Å²) in [6.45, 7) is 4.34. The lowest BCUT2D eigenvalue weighted by Gasteiger charge is -2.12. The summed E-state index contributed by atoms with van der Waals surface area (Å²) in [5.41, 5.74) is 6.50. The van der Waals surface area contributed by atoms with Crippen LogP contribution >= 0.6 is 11.8 Å². The van der Waals surface area contributed by atoms with Gasteiger partial charge in [-0.1, -0.05) is 25.6 Å². The van der Waals surface area contributed by atoms with Crippen molar-refractivity contribution in [1.29, 1.82) is 0 Å². The molecule has 4 N–H and O–H groups in total. The molecule has 0 bridgehead atoms. The molecule has 6 heteroatoms. The molecule has 0 amide bonds. The standard InChI is InChI=1S/C10H19N5S/c1-3-9(4-2)15-6-5-8(14-15)7-16-10(11)13-12/h5-6,9H,3-4,7,12H2,1-2H3,(H2,11,13). The molecule has 0 unspecified atom stereocenters. The summed E-state index contributed by atoms with van der Waals surface area (Å²) < 4.78 is 2.02. The van der Waals surface area contributed by atoms with E-state index in [1.165, 1.54) is 11.8 Å². The number of hydrogen-bond donors (Lipinski definition) is 2. The summed E-state index contributed by atoms with van der Waals surface area (Å²) >= 11 is 1.40. The van der Waals surface area contributed by atoms with E-state index in [4.69, 9.17) is 11.6 Å². The van der Waals surface area contributed by atoms with Crippen LogP contribution in [0.1, 0.15) is 38.4 Å². The van der Waals surface area contributed by atoms with Crippen molar-refractivity contribution in [3.63, 3.8) is 0 Å². The number of thioether (sulfide) groups is 1. The first-order chi connectivity index (χ1) is 7.71. The van der Waals surface area contributed by atoms with E-state index in [0.717, 1.165) is 18.5 Å². The predicted molar refractivity (Wildman–Crippen MR) is 69.0 cm³/mol. The Bertz CT molecular complexity index is 343. The molecule has 0 radical (unpaired) electrons. The zero-order valence-electron chi connectivity index (χ0n) is 9.76. The molecule has 90 valence electrons. The van der Waals surface area contributed by atoms with Gasteiger partial charge in [0.2, 0.25) is 0 Å². The highest BCUT2D eigenvalue weighted by atomic mass is 32.2. The predicted octanol–water partition coefficient (Wildman–Crippen LogP) is 1.67. The van der Waals surface area contributed by atoms with E-state index >= 15 is 0 Å². The molecule has 0 saturated carbocycles. The third-order valence-electron chi connectivity index (χ3n) is 2.48. The smallest absolute Gasteiger partial charge is 0.177 e. The van der Waals surface area contributed by atoms with Gasteiger partial charge in [0, 0.05) is 11.9 Å². The van der Waals surface area contributed by atoms with Gasteiger partial charge in [-0.25, -0.2) is 0 Å². The molecule has 0 aromatic carbocycles. The molecule has 0 aliphatic rings. The quantitative estimate of drug-likeness (QED) is 0.355. The molecule has 0 aliphatic heterocycles. The molecule has 1 aromatic rings. The number of nitrogens with two attached hydrogens (primary N) is 2. The van der Waals surface area contributed by atoms with E-state index in [1.54, 1.807) is 0 Å². The van der Waals surface area contributed by atoms with E-state index in [0.29, 0.717) is 17.0 Å². The minimum Gasteiger partial charge on any atom is -0.377 e. The molecule has 0 saturated heterocycles. The Morgan fingerprint density at radius 1 is 1.56 bits per heavy atom. The van der Waals surface area contributed by atoms with Crippen LogP contribution < -0.4 is 11.6 Å². The van der Waals surface area contributed by atoms with Crippen LogP contribution in [0.5, 0.6) is 0 Å². The maximum absolute atomic E-state index is 5.49. The zero-order chi connectivity index (χ0) is 12.0. The number of hydrogen-bond acceptors (Lipinski definition) is 4. The molecule has 0 fully saturated rings. The third kappa shape index (κ3) is 3.44. The van der Waals surface area contributed by atoms with Crippen molar-refractivity contribution in [3.8, 4) is 0 Å². The van der Waals surface area contributed by atoms with Crippen LogP contribution in [-0.4, -0.2) is 14.9 Å². The summed E-state index contributed by atoms with van der Waals surface area (Å²) in [5.74, 6) is 5.76. The molecule has 0 aliphatic carbocycles. The van der Waals surface area contributed by atoms with Gasteiger partial charge in [0.15, 0.2) is 5.17 Å². The fraction of sp³-hybridized carbons (Fsp3) is 0.600. The van der Waals surface area contributed by atoms with Crippen molar-refractivity contribution >= 4 is 16.9 Å². The Morgan fingerprint density at radius 3 is 2.81 bits per heavy atom. The lowest BCUT2D eigenvalue weighted by Crippen LogP contribution is -2.10. The average molecular weight is 241 g/mol.